The molecule has 3 nitrogen and oxygen atoms in total. The lowest BCUT2D eigenvalue weighted by Crippen LogP contribution is -2.64. The Bertz CT molecular complexity index is 572. The van der Waals surface area contributed by atoms with E-state index in [4.69, 9.17) is 13.6 Å². The SMILES string of the molecule is CCCC1(OC)CCCC[Si]1(OC)OC.c1ccc2ccccc2c1. The maximum atomic E-state index is 5.83. The van der Waals surface area contributed by atoms with E-state index in [9.17, 15) is 0 Å². The van der Waals surface area contributed by atoms with Crippen molar-refractivity contribution >= 4 is 19.3 Å². The average Bonchev–Trinajstić information content (AvgIpc) is 2.69. The van der Waals surface area contributed by atoms with Crippen LogP contribution in [0, 0.1) is 0 Å². The van der Waals surface area contributed by atoms with Gasteiger partial charge < -0.3 is 13.6 Å². The highest BCUT2D eigenvalue weighted by molar-refractivity contribution is 6.70. The molecule has 1 fully saturated rings. The molecule has 4 heteroatoms. The molecule has 2 aromatic rings. The molecule has 0 N–H and O–H groups in total. The van der Waals surface area contributed by atoms with Crippen LogP contribution in [0.5, 0.6) is 0 Å². The van der Waals surface area contributed by atoms with Crippen molar-refractivity contribution in [2.75, 3.05) is 21.3 Å². The molecule has 0 amide bonds. The van der Waals surface area contributed by atoms with Gasteiger partial charge in [0, 0.05) is 21.3 Å². The van der Waals surface area contributed by atoms with Gasteiger partial charge in [0.1, 0.15) is 5.22 Å². The first-order chi connectivity index (χ1) is 12.2. The number of hydrogen-bond acceptors (Lipinski definition) is 3. The molecule has 0 radical (unpaired) electrons. The highest BCUT2D eigenvalue weighted by Crippen LogP contribution is 2.42. The van der Waals surface area contributed by atoms with Gasteiger partial charge >= 0.3 is 8.56 Å². The molecule has 25 heavy (non-hydrogen) atoms. The lowest BCUT2D eigenvalue weighted by Gasteiger charge is -2.47. The zero-order chi connectivity index (χ0) is 18.2. The first kappa shape index (κ1) is 20.1. The molecule has 1 aliphatic rings. The smallest absolute Gasteiger partial charge is 0.370 e. The second-order valence-electron chi connectivity index (χ2n) is 6.66. The summed E-state index contributed by atoms with van der Waals surface area (Å²) in [5.74, 6) is 0. The predicted octanol–water partition coefficient (Wildman–Crippen LogP) is 5.47. The summed E-state index contributed by atoms with van der Waals surface area (Å²) in [5, 5.41) is 2.50. The molecular formula is C21H32O3Si. The number of hydrogen-bond donors (Lipinski definition) is 0. The Morgan fingerprint density at radius 2 is 1.40 bits per heavy atom. The first-order valence-electron chi connectivity index (χ1n) is 9.26. The van der Waals surface area contributed by atoms with Gasteiger partial charge in [-0.05, 0) is 29.7 Å². The Kier molecular flexibility index (Phi) is 7.63. The number of fused-ring (bicyclic) bond motifs is 1. The van der Waals surface area contributed by atoms with Crippen LogP contribution in [0.2, 0.25) is 6.04 Å². The largest absolute Gasteiger partial charge is 0.396 e. The third-order valence-corrected chi connectivity index (χ3v) is 9.82. The van der Waals surface area contributed by atoms with Crippen molar-refractivity contribution in [2.45, 2.75) is 50.3 Å². The van der Waals surface area contributed by atoms with Crippen LogP contribution in [0.25, 0.3) is 10.8 Å². The molecule has 0 spiro atoms. The van der Waals surface area contributed by atoms with Gasteiger partial charge in [-0.1, -0.05) is 74.7 Å². The minimum absolute atomic E-state index is 0.122. The summed E-state index contributed by atoms with van der Waals surface area (Å²) in [6, 6.07) is 17.8. The monoisotopic (exact) mass is 360 g/mol. The minimum atomic E-state index is -2.15. The van der Waals surface area contributed by atoms with E-state index in [0.29, 0.717) is 0 Å². The molecule has 3 rings (SSSR count). The molecule has 1 aliphatic heterocycles. The van der Waals surface area contributed by atoms with Gasteiger partial charge in [0.15, 0.2) is 0 Å². The van der Waals surface area contributed by atoms with E-state index in [2.05, 4.69) is 55.5 Å². The maximum absolute atomic E-state index is 5.83. The molecule has 1 unspecified atom stereocenters. The maximum Gasteiger partial charge on any atom is 0.370 e. The molecule has 138 valence electrons. The average molecular weight is 361 g/mol. The van der Waals surface area contributed by atoms with Crippen LogP contribution in [0.15, 0.2) is 48.5 Å². The fraction of sp³-hybridized carbons (Fsp3) is 0.524. The fourth-order valence-electron chi connectivity index (χ4n) is 4.06. The Hall–Kier alpha value is -1.20. The second kappa shape index (κ2) is 9.48. The summed E-state index contributed by atoms with van der Waals surface area (Å²) < 4.78 is 17.4. The molecule has 1 heterocycles. The molecule has 0 saturated carbocycles. The summed E-state index contributed by atoms with van der Waals surface area (Å²) in [4.78, 5) is 0. The van der Waals surface area contributed by atoms with Gasteiger partial charge in [0.2, 0.25) is 0 Å². The van der Waals surface area contributed by atoms with Crippen molar-refractivity contribution in [1.29, 1.82) is 0 Å². The first-order valence-corrected chi connectivity index (χ1v) is 11.3. The van der Waals surface area contributed by atoms with Crippen molar-refractivity contribution in [1.82, 2.24) is 0 Å². The van der Waals surface area contributed by atoms with Gasteiger partial charge in [0.25, 0.3) is 0 Å². The molecule has 1 saturated heterocycles. The highest BCUT2D eigenvalue weighted by atomic mass is 28.4. The van der Waals surface area contributed by atoms with Crippen LogP contribution in [-0.4, -0.2) is 35.1 Å². The van der Waals surface area contributed by atoms with E-state index in [1.807, 2.05) is 0 Å². The standard InChI is InChI=1S/C11H24O3Si.C10H8/c1-5-8-11(12-2)9-6-7-10-15(11,13-3)14-4;1-2-6-10-8-4-3-7-9(10)5-1/h5-10H2,1-4H3;1-8H. The summed E-state index contributed by atoms with van der Waals surface area (Å²) in [6.07, 6.45) is 5.70. The van der Waals surface area contributed by atoms with Crippen LogP contribution in [0.1, 0.15) is 39.0 Å². The fourth-order valence-corrected chi connectivity index (χ4v) is 8.05. The summed E-state index contributed by atoms with van der Waals surface area (Å²) in [6.45, 7) is 2.19. The van der Waals surface area contributed by atoms with Crippen LogP contribution >= 0.6 is 0 Å². The van der Waals surface area contributed by atoms with Crippen molar-refractivity contribution in [2.24, 2.45) is 0 Å². The zero-order valence-electron chi connectivity index (χ0n) is 16.1. The van der Waals surface area contributed by atoms with E-state index in [0.717, 1.165) is 25.3 Å². The van der Waals surface area contributed by atoms with E-state index in [-0.39, 0.29) is 5.22 Å². The van der Waals surface area contributed by atoms with Crippen molar-refractivity contribution in [3.63, 3.8) is 0 Å². The Morgan fingerprint density at radius 3 is 1.80 bits per heavy atom. The number of ether oxygens (including phenoxy) is 1. The van der Waals surface area contributed by atoms with Crippen LogP contribution in [0.4, 0.5) is 0 Å². The summed E-state index contributed by atoms with van der Waals surface area (Å²) in [7, 11) is 3.22. The molecular weight excluding hydrogens is 328 g/mol. The van der Waals surface area contributed by atoms with E-state index >= 15 is 0 Å². The second-order valence-corrected chi connectivity index (χ2v) is 10.4. The minimum Gasteiger partial charge on any atom is -0.396 e. The van der Waals surface area contributed by atoms with Crippen LogP contribution < -0.4 is 0 Å². The molecule has 2 aromatic carbocycles. The van der Waals surface area contributed by atoms with Gasteiger partial charge in [-0.2, -0.15) is 0 Å². The van der Waals surface area contributed by atoms with Gasteiger partial charge in [-0.3, -0.25) is 0 Å². The Labute approximate surface area is 153 Å². The summed E-state index contributed by atoms with van der Waals surface area (Å²) in [5.41, 5.74) is 0. The predicted molar refractivity (Wildman–Crippen MR) is 107 cm³/mol. The van der Waals surface area contributed by atoms with Crippen molar-refractivity contribution < 1.29 is 13.6 Å². The van der Waals surface area contributed by atoms with Gasteiger partial charge in [-0.25, -0.2) is 0 Å². The topological polar surface area (TPSA) is 27.7 Å². The van der Waals surface area contributed by atoms with Gasteiger partial charge in [0.05, 0.1) is 0 Å². The third-order valence-electron chi connectivity index (χ3n) is 5.39. The Morgan fingerprint density at radius 1 is 0.880 bits per heavy atom. The molecule has 1 atom stereocenters. The van der Waals surface area contributed by atoms with Crippen LogP contribution in [-0.2, 0) is 13.6 Å². The molecule has 0 aromatic heterocycles. The number of benzene rings is 2. The summed E-state index contributed by atoms with van der Waals surface area (Å²) >= 11 is 0. The zero-order valence-corrected chi connectivity index (χ0v) is 17.1. The van der Waals surface area contributed by atoms with Crippen LogP contribution in [0.3, 0.4) is 0 Å². The lowest BCUT2D eigenvalue weighted by atomic mass is 10.1. The quantitative estimate of drug-likeness (QED) is 0.662. The van der Waals surface area contributed by atoms with Gasteiger partial charge in [-0.15, -0.1) is 0 Å². The molecule has 0 aliphatic carbocycles. The van der Waals surface area contributed by atoms with E-state index in [1.54, 1.807) is 21.3 Å². The highest BCUT2D eigenvalue weighted by Gasteiger charge is 2.58. The third kappa shape index (κ3) is 4.32. The van der Waals surface area contributed by atoms with Crippen molar-refractivity contribution in [3.05, 3.63) is 48.5 Å². The number of rotatable bonds is 5. The normalized spacial score (nSPS) is 22.2. The van der Waals surface area contributed by atoms with E-state index in [1.165, 1.54) is 23.6 Å². The molecule has 0 bridgehead atoms. The lowest BCUT2D eigenvalue weighted by molar-refractivity contribution is -0.0149. The Balaban J connectivity index is 0.000000194. The van der Waals surface area contributed by atoms with E-state index < -0.39 is 8.56 Å². The number of methoxy groups -OCH3 is 1. The van der Waals surface area contributed by atoms with Crippen molar-refractivity contribution in [3.8, 4) is 0 Å².